The Morgan fingerprint density at radius 3 is 2.76 bits per heavy atom. The van der Waals surface area contributed by atoms with Gasteiger partial charge in [-0.25, -0.2) is 4.68 Å². The molecule has 0 saturated carbocycles. The number of aromatic nitrogens is 2. The molecule has 0 aliphatic rings. The normalized spacial score (nSPS) is 12.1. The van der Waals surface area contributed by atoms with Gasteiger partial charge in [-0.3, -0.25) is 4.79 Å². The van der Waals surface area contributed by atoms with Crippen molar-refractivity contribution in [3.8, 4) is 17.1 Å². The van der Waals surface area contributed by atoms with Gasteiger partial charge in [0, 0.05) is 24.2 Å². The fourth-order valence-corrected chi connectivity index (χ4v) is 2.59. The molecule has 1 aromatic carbocycles. The summed E-state index contributed by atoms with van der Waals surface area (Å²) >= 11 is 5.96. The highest BCUT2D eigenvalue weighted by Gasteiger charge is 2.19. The zero-order valence-electron chi connectivity index (χ0n) is 13.9. The third-order valence-corrected chi connectivity index (χ3v) is 3.83. The first-order chi connectivity index (χ1) is 12.1. The highest BCUT2D eigenvalue weighted by molar-refractivity contribution is 6.30. The monoisotopic (exact) mass is 359 g/mol. The van der Waals surface area contributed by atoms with E-state index in [1.165, 1.54) is 0 Å². The van der Waals surface area contributed by atoms with E-state index in [0.29, 0.717) is 28.8 Å². The quantitative estimate of drug-likeness (QED) is 0.730. The maximum Gasteiger partial charge on any atom is 0.272 e. The summed E-state index contributed by atoms with van der Waals surface area (Å²) in [6.45, 7) is 2.29. The first-order valence-electron chi connectivity index (χ1n) is 7.78. The number of carbonyl (C=O) groups excluding carboxylic acids is 1. The predicted octanol–water partition coefficient (Wildman–Crippen LogP) is 3.55. The minimum Gasteiger partial charge on any atom is -0.463 e. The number of furan rings is 1. The number of benzene rings is 1. The molecule has 0 aliphatic heterocycles. The summed E-state index contributed by atoms with van der Waals surface area (Å²) in [5.74, 6) is 0.344. The molecule has 130 valence electrons. The van der Waals surface area contributed by atoms with Crippen LogP contribution in [0.5, 0.6) is 0 Å². The molecule has 3 aromatic rings. The Balaban J connectivity index is 1.97. The van der Waals surface area contributed by atoms with Gasteiger partial charge in [-0.1, -0.05) is 11.6 Å². The zero-order chi connectivity index (χ0) is 17.8. The Morgan fingerprint density at radius 1 is 1.36 bits per heavy atom. The molecule has 6 nitrogen and oxygen atoms in total. The van der Waals surface area contributed by atoms with Crippen LogP contribution in [0.2, 0.25) is 5.02 Å². The van der Waals surface area contributed by atoms with Crippen LogP contribution in [-0.2, 0) is 4.74 Å². The number of halogens is 1. The van der Waals surface area contributed by atoms with Gasteiger partial charge < -0.3 is 14.5 Å². The summed E-state index contributed by atoms with van der Waals surface area (Å²) in [6.07, 6.45) is 1.58. The summed E-state index contributed by atoms with van der Waals surface area (Å²) in [7, 11) is 1.59. The number of carbonyl (C=O) groups is 1. The Kier molecular flexibility index (Phi) is 5.21. The van der Waals surface area contributed by atoms with Crippen molar-refractivity contribution >= 4 is 17.5 Å². The van der Waals surface area contributed by atoms with Crippen molar-refractivity contribution in [3.05, 3.63) is 59.4 Å². The van der Waals surface area contributed by atoms with Gasteiger partial charge in [0.1, 0.15) is 5.69 Å². The summed E-state index contributed by atoms with van der Waals surface area (Å²) in [5, 5.41) is 7.92. The van der Waals surface area contributed by atoms with Crippen LogP contribution < -0.4 is 5.32 Å². The number of ether oxygens (including phenoxy) is 1. The van der Waals surface area contributed by atoms with E-state index in [9.17, 15) is 4.79 Å². The molecule has 2 heterocycles. The highest BCUT2D eigenvalue weighted by Crippen LogP contribution is 2.25. The Hall–Kier alpha value is -2.57. The molecule has 0 saturated heterocycles. The molecule has 2 aromatic heterocycles. The first-order valence-corrected chi connectivity index (χ1v) is 8.16. The van der Waals surface area contributed by atoms with E-state index in [-0.39, 0.29) is 11.9 Å². The highest BCUT2D eigenvalue weighted by atomic mass is 35.5. The van der Waals surface area contributed by atoms with Crippen LogP contribution in [0.15, 0.2) is 53.1 Å². The molecule has 1 atom stereocenters. The predicted molar refractivity (Wildman–Crippen MR) is 95.1 cm³/mol. The molecule has 1 N–H and O–H groups in total. The number of amides is 1. The lowest BCUT2D eigenvalue weighted by atomic mass is 10.2. The van der Waals surface area contributed by atoms with E-state index in [1.807, 2.05) is 25.1 Å². The van der Waals surface area contributed by atoms with Gasteiger partial charge >= 0.3 is 0 Å². The molecule has 25 heavy (non-hydrogen) atoms. The molecule has 0 bridgehead atoms. The van der Waals surface area contributed by atoms with E-state index in [2.05, 4.69) is 10.4 Å². The molecule has 0 fully saturated rings. The van der Waals surface area contributed by atoms with Crippen LogP contribution in [-0.4, -0.2) is 35.4 Å². The Labute approximate surface area is 150 Å². The lowest BCUT2D eigenvalue weighted by Gasteiger charge is -2.11. The lowest BCUT2D eigenvalue weighted by Crippen LogP contribution is -2.35. The molecule has 0 aliphatic carbocycles. The van der Waals surface area contributed by atoms with Gasteiger partial charge in [0.15, 0.2) is 11.5 Å². The van der Waals surface area contributed by atoms with Crippen molar-refractivity contribution in [1.29, 1.82) is 0 Å². The van der Waals surface area contributed by atoms with Gasteiger partial charge in [0.2, 0.25) is 0 Å². The molecular weight excluding hydrogens is 342 g/mol. The van der Waals surface area contributed by atoms with Crippen molar-refractivity contribution in [2.75, 3.05) is 13.7 Å². The fraction of sp³-hybridized carbons (Fsp3) is 0.222. The molecule has 3 rings (SSSR count). The van der Waals surface area contributed by atoms with Crippen LogP contribution >= 0.6 is 11.6 Å². The summed E-state index contributed by atoms with van der Waals surface area (Å²) in [4.78, 5) is 12.5. The molecule has 1 amide bonds. The van der Waals surface area contributed by atoms with Crippen LogP contribution in [0.1, 0.15) is 17.4 Å². The number of hydrogen-bond acceptors (Lipinski definition) is 4. The van der Waals surface area contributed by atoms with E-state index < -0.39 is 0 Å². The topological polar surface area (TPSA) is 69.3 Å². The van der Waals surface area contributed by atoms with E-state index in [4.69, 9.17) is 20.8 Å². The summed E-state index contributed by atoms with van der Waals surface area (Å²) in [5.41, 5.74) is 1.75. The third kappa shape index (κ3) is 3.92. The minimum absolute atomic E-state index is 0.120. The third-order valence-electron chi connectivity index (χ3n) is 3.58. The minimum atomic E-state index is -0.273. The maximum absolute atomic E-state index is 12.5. The average molecular weight is 360 g/mol. The maximum atomic E-state index is 12.5. The second kappa shape index (κ2) is 7.55. The smallest absolute Gasteiger partial charge is 0.272 e. The van der Waals surface area contributed by atoms with Crippen LogP contribution in [0, 0.1) is 0 Å². The first kappa shape index (κ1) is 17.3. The van der Waals surface area contributed by atoms with Crippen molar-refractivity contribution in [2.24, 2.45) is 0 Å². The van der Waals surface area contributed by atoms with Gasteiger partial charge in [0.05, 0.1) is 18.6 Å². The van der Waals surface area contributed by atoms with Gasteiger partial charge in [-0.15, -0.1) is 0 Å². The number of hydrogen-bond donors (Lipinski definition) is 1. The number of nitrogens with one attached hydrogen (secondary N) is 1. The fourth-order valence-electron chi connectivity index (χ4n) is 2.46. The molecular formula is C18H18ClN3O3. The van der Waals surface area contributed by atoms with Crippen LogP contribution in [0.4, 0.5) is 0 Å². The average Bonchev–Trinajstić information content (AvgIpc) is 3.25. The van der Waals surface area contributed by atoms with E-state index in [1.54, 1.807) is 42.3 Å². The number of rotatable bonds is 6. The van der Waals surface area contributed by atoms with Gasteiger partial charge in [-0.05, 0) is 43.3 Å². The number of nitrogens with zero attached hydrogens (tertiary/aromatic N) is 2. The van der Waals surface area contributed by atoms with Gasteiger partial charge in [-0.2, -0.15) is 5.10 Å². The van der Waals surface area contributed by atoms with Gasteiger partial charge in [0.25, 0.3) is 5.91 Å². The van der Waals surface area contributed by atoms with E-state index >= 15 is 0 Å². The Morgan fingerprint density at radius 2 is 2.12 bits per heavy atom. The summed E-state index contributed by atoms with van der Waals surface area (Å²) < 4.78 is 12.2. The number of methoxy groups -OCH3 is 1. The Bertz CT molecular complexity index is 841. The summed E-state index contributed by atoms with van der Waals surface area (Å²) in [6, 6.07) is 12.4. The van der Waals surface area contributed by atoms with Crippen LogP contribution in [0.25, 0.3) is 17.1 Å². The molecule has 0 radical (unpaired) electrons. The molecule has 0 spiro atoms. The zero-order valence-corrected chi connectivity index (χ0v) is 14.7. The van der Waals surface area contributed by atoms with Crippen molar-refractivity contribution in [3.63, 3.8) is 0 Å². The lowest BCUT2D eigenvalue weighted by molar-refractivity contribution is 0.0900. The van der Waals surface area contributed by atoms with Crippen molar-refractivity contribution in [1.82, 2.24) is 15.1 Å². The molecule has 1 unspecified atom stereocenters. The largest absolute Gasteiger partial charge is 0.463 e. The van der Waals surface area contributed by atoms with E-state index in [0.717, 1.165) is 5.69 Å². The van der Waals surface area contributed by atoms with Crippen LogP contribution in [0.3, 0.4) is 0 Å². The standard InChI is InChI=1S/C18H18ClN3O3/c1-12(11-24-2)20-18(23)15-10-16(17-4-3-9-25-17)22(21-15)14-7-5-13(19)6-8-14/h3-10,12H,11H2,1-2H3,(H,20,23). The SMILES string of the molecule is COCC(C)NC(=O)c1cc(-c2ccco2)n(-c2ccc(Cl)cc2)n1. The van der Waals surface area contributed by atoms with Crippen molar-refractivity contribution < 1.29 is 13.9 Å². The second-order valence-electron chi connectivity index (χ2n) is 5.61. The second-order valence-corrected chi connectivity index (χ2v) is 6.05. The van der Waals surface area contributed by atoms with Crippen molar-refractivity contribution in [2.45, 2.75) is 13.0 Å². The molecule has 7 heteroatoms.